The maximum atomic E-state index is 12.1. The van der Waals surface area contributed by atoms with Crippen LogP contribution in [0.4, 0.5) is 5.69 Å². The smallest absolute Gasteiger partial charge is 0.374 e. The zero-order valence-corrected chi connectivity index (χ0v) is 14.7. The molecule has 0 amide bonds. The van der Waals surface area contributed by atoms with Crippen molar-refractivity contribution in [3.63, 3.8) is 0 Å². The van der Waals surface area contributed by atoms with Gasteiger partial charge >= 0.3 is 5.97 Å². The molecule has 3 rings (SSSR count). The average molecular weight is 369 g/mol. The van der Waals surface area contributed by atoms with Crippen molar-refractivity contribution in [2.45, 2.75) is 11.5 Å². The quantitative estimate of drug-likeness (QED) is 0.265. The van der Waals surface area contributed by atoms with Crippen molar-refractivity contribution in [1.29, 1.82) is 0 Å². The predicted molar refractivity (Wildman–Crippen MR) is 98.1 cm³/mol. The van der Waals surface area contributed by atoms with Crippen LogP contribution >= 0.6 is 11.8 Å². The molecule has 6 nitrogen and oxygen atoms in total. The van der Waals surface area contributed by atoms with E-state index in [-0.39, 0.29) is 18.1 Å². The standard InChI is InChI=1S/C19H15NO5S/c1-26-16-8-2-13(3-9-16)12-24-19(21)18-11-10-17(25-18)14-4-6-15(7-5-14)20(22)23/h2-11H,12H2,1H3. The van der Waals surface area contributed by atoms with Crippen molar-refractivity contribution >= 4 is 23.4 Å². The molecule has 0 atom stereocenters. The van der Waals surface area contributed by atoms with Gasteiger partial charge in [-0.05, 0) is 48.2 Å². The Balaban J connectivity index is 1.64. The van der Waals surface area contributed by atoms with Crippen molar-refractivity contribution in [2.75, 3.05) is 6.26 Å². The van der Waals surface area contributed by atoms with Gasteiger partial charge in [-0.2, -0.15) is 0 Å². The third kappa shape index (κ3) is 4.12. The van der Waals surface area contributed by atoms with E-state index in [1.165, 1.54) is 18.2 Å². The number of hydrogen-bond donors (Lipinski definition) is 0. The van der Waals surface area contributed by atoms with E-state index in [2.05, 4.69) is 0 Å². The van der Waals surface area contributed by atoms with Crippen LogP contribution in [0.3, 0.4) is 0 Å². The second-order valence-electron chi connectivity index (χ2n) is 5.39. The highest BCUT2D eigenvalue weighted by molar-refractivity contribution is 7.98. The van der Waals surface area contributed by atoms with Gasteiger partial charge in [0.05, 0.1) is 4.92 Å². The fraction of sp³-hybridized carbons (Fsp3) is 0.105. The van der Waals surface area contributed by atoms with E-state index in [0.717, 1.165) is 10.5 Å². The van der Waals surface area contributed by atoms with Gasteiger partial charge < -0.3 is 9.15 Å². The van der Waals surface area contributed by atoms with Crippen molar-refractivity contribution in [3.8, 4) is 11.3 Å². The number of benzene rings is 2. The molecule has 0 aliphatic rings. The summed E-state index contributed by atoms with van der Waals surface area (Å²) in [5.41, 5.74) is 1.52. The minimum atomic E-state index is -0.563. The van der Waals surface area contributed by atoms with Gasteiger partial charge in [0, 0.05) is 22.6 Å². The van der Waals surface area contributed by atoms with Crippen LogP contribution in [-0.2, 0) is 11.3 Å². The molecule has 3 aromatic rings. The minimum Gasteiger partial charge on any atom is -0.455 e. The molecule has 0 saturated heterocycles. The van der Waals surface area contributed by atoms with Crippen molar-refractivity contribution in [1.82, 2.24) is 0 Å². The fourth-order valence-corrected chi connectivity index (χ4v) is 2.70. The van der Waals surface area contributed by atoms with E-state index in [0.29, 0.717) is 11.3 Å². The normalized spacial score (nSPS) is 10.5. The Bertz CT molecular complexity index is 916. The predicted octanol–water partition coefficient (Wildman–Crippen LogP) is 4.93. The molecule has 0 spiro atoms. The highest BCUT2D eigenvalue weighted by atomic mass is 32.2. The summed E-state index contributed by atoms with van der Waals surface area (Å²) in [6, 6.07) is 16.8. The van der Waals surface area contributed by atoms with Gasteiger partial charge in [-0.15, -0.1) is 11.8 Å². The topological polar surface area (TPSA) is 82.6 Å². The molecule has 132 valence electrons. The van der Waals surface area contributed by atoms with Gasteiger partial charge in [-0.3, -0.25) is 10.1 Å². The average Bonchev–Trinajstić information content (AvgIpc) is 3.17. The maximum absolute atomic E-state index is 12.1. The summed E-state index contributed by atoms with van der Waals surface area (Å²) < 4.78 is 10.8. The number of non-ortho nitro benzene ring substituents is 1. The van der Waals surface area contributed by atoms with Crippen LogP contribution in [0.1, 0.15) is 16.1 Å². The summed E-state index contributed by atoms with van der Waals surface area (Å²) in [5, 5.41) is 10.7. The molecule has 0 N–H and O–H groups in total. The van der Waals surface area contributed by atoms with E-state index in [4.69, 9.17) is 9.15 Å². The molecule has 0 unspecified atom stereocenters. The highest BCUT2D eigenvalue weighted by Gasteiger charge is 2.14. The summed E-state index contributed by atoms with van der Waals surface area (Å²) in [4.78, 5) is 23.5. The first kappa shape index (κ1) is 17.8. The van der Waals surface area contributed by atoms with Gasteiger partial charge in [-0.25, -0.2) is 4.79 Å². The van der Waals surface area contributed by atoms with Crippen LogP contribution in [0, 0.1) is 10.1 Å². The number of carbonyl (C=O) groups excluding carboxylic acids is 1. The molecular formula is C19H15NO5S. The number of furan rings is 1. The van der Waals surface area contributed by atoms with Gasteiger partial charge in [0.25, 0.3) is 5.69 Å². The molecule has 7 heteroatoms. The van der Waals surface area contributed by atoms with E-state index >= 15 is 0 Å². The number of nitro benzene ring substituents is 1. The Kier molecular flexibility index (Phi) is 5.38. The number of hydrogen-bond acceptors (Lipinski definition) is 6. The van der Waals surface area contributed by atoms with Crippen molar-refractivity contribution < 1.29 is 18.9 Å². The zero-order valence-electron chi connectivity index (χ0n) is 13.9. The van der Waals surface area contributed by atoms with Crippen LogP contribution < -0.4 is 0 Å². The third-order valence-electron chi connectivity index (χ3n) is 3.70. The van der Waals surface area contributed by atoms with E-state index in [1.54, 1.807) is 30.0 Å². The van der Waals surface area contributed by atoms with Crippen LogP contribution in [0.15, 0.2) is 70.0 Å². The Morgan fingerprint density at radius 1 is 1.08 bits per heavy atom. The summed E-state index contributed by atoms with van der Waals surface area (Å²) in [6.07, 6.45) is 1.99. The Morgan fingerprint density at radius 2 is 1.77 bits per heavy atom. The first-order valence-corrected chi connectivity index (χ1v) is 8.94. The lowest BCUT2D eigenvalue weighted by molar-refractivity contribution is -0.384. The Morgan fingerprint density at radius 3 is 2.38 bits per heavy atom. The lowest BCUT2D eigenvalue weighted by atomic mass is 10.1. The van der Waals surface area contributed by atoms with E-state index < -0.39 is 10.9 Å². The molecule has 1 aromatic heterocycles. The van der Waals surface area contributed by atoms with E-state index in [1.807, 2.05) is 30.5 Å². The first-order chi connectivity index (χ1) is 12.6. The number of nitrogens with zero attached hydrogens (tertiary/aromatic N) is 1. The molecule has 0 aliphatic carbocycles. The third-order valence-corrected chi connectivity index (χ3v) is 4.44. The summed E-state index contributed by atoms with van der Waals surface area (Å²) in [5.74, 6) is -0.0395. The van der Waals surface area contributed by atoms with Gasteiger partial charge in [0.1, 0.15) is 12.4 Å². The van der Waals surface area contributed by atoms with Crippen LogP contribution in [0.25, 0.3) is 11.3 Å². The molecule has 2 aromatic carbocycles. The van der Waals surface area contributed by atoms with Crippen LogP contribution in [0.2, 0.25) is 0 Å². The van der Waals surface area contributed by atoms with Gasteiger partial charge in [0.2, 0.25) is 5.76 Å². The first-order valence-electron chi connectivity index (χ1n) is 7.71. The number of esters is 1. The largest absolute Gasteiger partial charge is 0.455 e. The minimum absolute atomic E-state index is 0.00701. The maximum Gasteiger partial charge on any atom is 0.374 e. The van der Waals surface area contributed by atoms with Crippen LogP contribution in [-0.4, -0.2) is 17.1 Å². The number of ether oxygens (including phenoxy) is 1. The molecule has 0 aliphatic heterocycles. The lowest BCUT2D eigenvalue weighted by Gasteiger charge is -2.04. The monoisotopic (exact) mass is 369 g/mol. The van der Waals surface area contributed by atoms with E-state index in [9.17, 15) is 14.9 Å². The Hall–Kier alpha value is -3.06. The molecule has 1 heterocycles. The molecular weight excluding hydrogens is 354 g/mol. The highest BCUT2D eigenvalue weighted by Crippen LogP contribution is 2.25. The number of thioether (sulfide) groups is 1. The molecule has 26 heavy (non-hydrogen) atoms. The molecule has 0 fully saturated rings. The van der Waals surface area contributed by atoms with Crippen molar-refractivity contribution in [3.05, 3.63) is 82.1 Å². The second kappa shape index (κ2) is 7.88. The molecule has 0 radical (unpaired) electrons. The Labute approximate surface area is 153 Å². The summed E-state index contributed by atoms with van der Waals surface area (Å²) in [6.45, 7) is 0.154. The zero-order chi connectivity index (χ0) is 18.5. The number of nitro groups is 1. The van der Waals surface area contributed by atoms with Crippen molar-refractivity contribution in [2.24, 2.45) is 0 Å². The van der Waals surface area contributed by atoms with Crippen LogP contribution in [0.5, 0.6) is 0 Å². The lowest BCUT2D eigenvalue weighted by Crippen LogP contribution is -2.03. The fourth-order valence-electron chi connectivity index (χ4n) is 2.29. The SMILES string of the molecule is CSc1ccc(COC(=O)c2ccc(-c3ccc([N+](=O)[O-])cc3)o2)cc1. The molecule has 0 saturated carbocycles. The number of carbonyl (C=O) groups is 1. The summed E-state index contributed by atoms with van der Waals surface area (Å²) >= 11 is 1.64. The second-order valence-corrected chi connectivity index (χ2v) is 6.27. The summed E-state index contributed by atoms with van der Waals surface area (Å²) in [7, 11) is 0. The number of rotatable bonds is 6. The molecule has 0 bridgehead atoms. The van der Waals surface area contributed by atoms with Gasteiger partial charge in [-0.1, -0.05) is 12.1 Å². The van der Waals surface area contributed by atoms with Gasteiger partial charge in [0.15, 0.2) is 0 Å².